The second-order valence-corrected chi connectivity index (χ2v) is 7.38. The number of benzene rings is 1. The number of amides is 2. The highest BCUT2D eigenvalue weighted by atomic mass is 32.1. The topological polar surface area (TPSA) is 78.3 Å². The highest BCUT2D eigenvalue weighted by Crippen LogP contribution is 2.28. The summed E-state index contributed by atoms with van der Waals surface area (Å²) in [6.07, 6.45) is 4.12. The quantitative estimate of drug-likeness (QED) is 0.823. The predicted molar refractivity (Wildman–Crippen MR) is 95.8 cm³/mol. The number of fused-ring (bicyclic) bond motifs is 1. The van der Waals surface area contributed by atoms with Crippen molar-refractivity contribution in [3.05, 3.63) is 28.6 Å². The Morgan fingerprint density at radius 2 is 2.16 bits per heavy atom. The Balaban J connectivity index is 1.44. The van der Waals surface area contributed by atoms with E-state index in [0.29, 0.717) is 35.0 Å². The van der Waals surface area contributed by atoms with Gasteiger partial charge in [0.15, 0.2) is 5.58 Å². The number of hydrogen-bond donors (Lipinski definition) is 2. The van der Waals surface area contributed by atoms with Gasteiger partial charge in [-0.2, -0.15) is 0 Å². The summed E-state index contributed by atoms with van der Waals surface area (Å²) >= 11 is 4.98. The lowest BCUT2D eigenvalue weighted by Crippen LogP contribution is -2.45. The van der Waals surface area contributed by atoms with Crippen molar-refractivity contribution in [1.82, 2.24) is 15.2 Å². The van der Waals surface area contributed by atoms with E-state index in [0.717, 1.165) is 24.9 Å². The lowest BCUT2D eigenvalue weighted by atomic mass is 9.96. The van der Waals surface area contributed by atoms with Gasteiger partial charge in [0.2, 0.25) is 5.91 Å². The molecule has 0 bridgehead atoms. The Kier molecular flexibility index (Phi) is 4.33. The molecule has 1 saturated heterocycles. The maximum atomic E-state index is 12.8. The van der Waals surface area contributed by atoms with E-state index in [4.69, 9.17) is 16.6 Å². The van der Waals surface area contributed by atoms with Gasteiger partial charge in [0, 0.05) is 25.2 Å². The van der Waals surface area contributed by atoms with Crippen LogP contribution in [0.1, 0.15) is 36.0 Å². The van der Waals surface area contributed by atoms with Crippen molar-refractivity contribution in [1.29, 1.82) is 0 Å². The van der Waals surface area contributed by atoms with Crippen molar-refractivity contribution >= 4 is 35.1 Å². The van der Waals surface area contributed by atoms with Crippen molar-refractivity contribution < 1.29 is 14.0 Å². The minimum Gasteiger partial charge on any atom is -0.429 e. The number of piperidine rings is 1. The van der Waals surface area contributed by atoms with Crippen LogP contribution in [0.25, 0.3) is 11.1 Å². The van der Waals surface area contributed by atoms with Crippen molar-refractivity contribution in [2.45, 2.75) is 25.7 Å². The van der Waals surface area contributed by atoms with Gasteiger partial charge in [0.1, 0.15) is 0 Å². The molecule has 1 aliphatic carbocycles. The normalized spacial score (nSPS) is 20.6. The number of carbonyl (C=O) groups is 2. The second kappa shape index (κ2) is 6.63. The zero-order valence-corrected chi connectivity index (χ0v) is 14.7. The SMILES string of the molecule is O=C(NCC1CC1)[C@@H]1CCCN(C(=O)c2ccc3[nH]c(=S)oc3c2)C1. The first-order valence-corrected chi connectivity index (χ1v) is 9.21. The number of aromatic amines is 1. The number of rotatable bonds is 4. The van der Waals surface area contributed by atoms with E-state index >= 15 is 0 Å². The summed E-state index contributed by atoms with van der Waals surface area (Å²) in [7, 11) is 0. The van der Waals surface area contributed by atoms with Crippen molar-refractivity contribution in [2.75, 3.05) is 19.6 Å². The first kappa shape index (κ1) is 16.3. The molecule has 0 spiro atoms. The third-order valence-corrected chi connectivity index (χ3v) is 5.19. The number of nitrogens with zero attached hydrogens (tertiary/aromatic N) is 1. The van der Waals surface area contributed by atoms with Crippen LogP contribution < -0.4 is 5.32 Å². The molecule has 2 amide bonds. The van der Waals surface area contributed by atoms with Gasteiger partial charge in [-0.15, -0.1) is 0 Å². The van der Waals surface area contributed by atoms with Gasteiger partial charge >= 0.3 is 0 Å². The number of aromatic nitrogens is 1. The monoisotopic (exact) mass is 359 g/mol. The van der Waals surface area contributed by atoms with Gasteiger partial charge in [0.25, 0.3) is 10.7 Å². The second-order valence-electron chi connectivity index (χ2n) is 7.00. The summed E-state index contributed by atoms with van der Waals surface area (Å²) in [5, 5.41) is 3.03. The van der Waals surface area contributed by atoms with Crippen LogP contribution in [0.15, 0.2) is 22.6 Å². The molecular weight excluding hydrogens is 338 g/mol. The molecular formula is C18H21N3O3S. The van der Waals surface area contributed by atoms with Crippen LogP contribution in [0.4, 0.5) is 0 Å². The Labute approximate surface area is 150 Å². The molecule has 1 aromatic heterocycles. The lowest BCUT2D eigenvalue weighted by molar-refractivity contribution is -0.126. The van der Waals surface area contributed by atoms with Crippen molar-refractivity contribution in [3.63, 3.8) is 0 Å². The predicted octanol–water partition coefficient (Wildman–Crippen LogP) is 2.87. The molecule has 4 rings (SSSR count). The molecule has 0 unspecified atom stereocenters. The molecule has 2 fully saturated rings. The molecule has 132 valence electrons. The number of hydrogen-bond acceptors (Lipinski definition) is 4. The van der Waals surface area contributed by atoms with Gasteiger partial charge in [-0.25, -0.2) is 0 Å². The fraction of sp³-hybridized carbons (Fsp3) is 0.500. The zero-order chi connectivity index (χ0) is 17.4. The van der Waals surface area contributed by atoms with Crippen LogP contribution in [0.2, 0.25) is 0 Å². The van der Waals surface area contributed by atoms with E-state index in [1.807, 2.05) is 0 Å². The third kappa shape index (κ3) is 3.61. The fourth-order valence-electron chi connectivity index (χ4n) is 3.35. The molecule has 1 saturated carbocycles. The zero-order valence-electron chi connectivity index (χ0n) is 13.9. The Morgan fingerprint density at radius 1 is 1.32 bits per heavy atom. The highest BCUT2D eigenvalue weighted by Gasteiger charge is 2.30. The molecule has 1 aliphatic heterocycles. The van der Waals surface area contributed by atoms with E-state index in [-0.39, 0.29) is 17.7 Å². The van der Waals surface area contributed by atoms with Crippen molar-refractivity contribution in [3.8, 4) is 0 Å². The summed E-state index contributed by atoms with van der Waals surface area (Å²) in [6.45, 7) is 1.93. The molecule has 2 aromatic rings. The van der Waals surface area contributed by atoms with E-state index < -0.39 is 0 Å². The first-order chi connectivity index (χ1) is 12.1. The summed E-state index contributed by atoms with van der Waals surface area (Å²) in [5.41, 5.74) is 1.91. The number of oxazole rings is 1. The lowest BCUT2D eigenvalue weighted by Gasteiger charge is -2.32. The summed E-state index contributed by atoms with van der Waals surface area (Å²) in [4.78, 5) is 30.1. The fourth-order valence-corrected chi connectivity index (χ4v) is 3.55. The van der Waals surface area contributed by atoms with Crippen LogP contribution in [0.5, 0.6) is 0 Å². The Morgan fingerprint density at radius 3 is 2.96 bits per heavy atom. The molecule has 2 heterocycles. The number of likely N-dealkylation sites (tertiary alicyclic amines) is 1. The summed E-state index contributed by atoms with van der Waals surface area (Å²) in [6, 6.07) is 5.27. The molecule has 0 radical (unpaired) electrons. The standard InChI is InChI=1S/C18H21N3O3S/c22-16(19-9-11-3-4-11)13-2-1-7-21(10-13)17(23)12-5-6-14-15(8-12)24-18(25)20-14/h5-6,8,11,13H,1-4,7,9-10H2,(H,19,22)(H,20,25)/t13-/m1/s1. The van der Waals surface area contributed by atoms with E-state index in [9.17, 15) is 9.59 Å². The maximum Gasteiger partial charge on any atom is 0.266 e. The van der Waals surface area contributed by atoms with E-state index in [2.05, 4.69) is 10.3 Å². The Hall–Kier alpha value is -2.15. The molecule has 25 heavy (non-hydrogen) atoms. The van der Waals surface area contributed by atoms with Crippen LogP contribution in [0.3, 0.4) is 0 Å². The van der Waals surface area contributed by atoms with Crippen LogP contribution >= 0.6 is 12.2 Å². The van der Waals surface area contributed by atoms with E-state index in [1.165, 1.54) is 12.8 Å². The van der Waals surface area contributed by atoms with Crippen LogP contribution in [-0.2, 0) is 4.79 Å². The first-order valence-electron chi connectivity index (χ1n) is 8.80. The number of carbonyl (C=O) groups excluding carboxylic acids is 2. The van der Waals surface area contributed by atoms with Gasteiger partial charge in [-0.1, -0.05) is 0 Å². The van der Waals surface area contributed by atoms with Gasteiger partial charge < -0.3 is 19.6 Å². The molecule has 1 aromatic carbocycles. The van der Waals surface area contributed by atoms with Gasteiger partial charge in [-0.3, -0.25) is 9.59 Å². The van der Waals surface area contributed by atoms with E-state index in [1.54, 1.807) is 23.1 Å². The molecule has 2 N–H and O–H groups in total. The minimum absolute atomic E-state index is 0.0658. The minimum atomic E-state index is -0.114. The van der Waals surface area contributed by atoms with Crippen LogP contribution in [0, 0.1) is 16.7 Å². The highest BCUT2D eigenvalue weighted by molar-refractivity contribution is 7.71. The average Bonchev–Trinajstić information content (AvgIpc) is 3.38. The molecule has 1 atom stereocenters. The largest absolute Gasteiger partial charge is 0.429 e. The van der Waals surface area contributed by atoms with Gasteiger partial charge in [0.05, 0.1) is 11.4 Å². The number of nitrogens with one attached hydrogen (secondary N) is 2. The average molecular weight is 359 g/mol. The molecule has 7 heteroatoms. The third-order valence-electron chi connectivity index (χ3n) is 5.01. The molecule has 6 nitrogen and oxygen atoms in total. The van der Waals surface area contributed by atoms with Crippen LogP contribution in [-0.4, -0.2) is 41.3 Å². The summed E-state index contributed by atoms with van der Waals surface area (Å²) in [5.74, 6) is 0.563. The van der Waals surface area contributed by atoms with Gasteiger partial charge in [-0.05, 0) is 62.0 Å². The maximum absolute atomic E-state index is 12.8. The summed E-state index contributed by atoms with van der Waals surface area (Å²) < 4.78 is 5.39. The van der Waals surface area contributed by atoms with Crippen molar-refractivity contribution in [2.24, 2.45) is 11.8 Å². The smallest absolute Gasteiger partial charge is 0.266 e. The Bertz CT molecular complexity index is 868. The molecule has 2 aliphatic rings. The number of H-pyrrole nitrogens is 1.